The lowest BCUT2D eigenvalue weighted by Gasteiger charge is -2.31. The second-order valence-corrected chi connectivity index (χ2v) is 6.03. The van der Waals surface area contributed by atoms with Gasteiger partial charge in [-0.1, -0.05) is 30.3 Å². The van der Waals surface area contributed by atoms with E-state index >= 15 is 0 Å². The third-order valence-electron chi connectivity index (χ3n) is 2.41. The summed E-state index contributed by atoms with van der Waals surface area (Å²) in [7, 11) is -0.665. The Morgan fingerprint density at radius 1 is 1.20 bits per heavy atom. The van der Waals surface area contributed by atoms with Crippen molar-refractivity contribution in [3.8, 4) is 0 Å². The lowest BCUT2D eigenvalue weighted by molar-refractivity contribution is 0.249. The van der Waals surface area contributed by atoms with Gasteiger partial charge in [0.15, 0.2) is 0 Å². The van der Waals surface area contributed by atoms with E-state index in [9.17, 15) is 4.57 Å². The molecule has 0 heterocycles. The molecule has 0 bridgehead atoms. The first-order valence-electron chi connectivity index (χ1n) is 4.54. The molecule has 0 fully saturated rings. The fourth-order valence-corrected chi connectivity index (χ4v) is 2.76. The molecule has 0 spiro atoms. The molecule has 84 valence electrons. The Kier molecular flexibility index (Phi) is 3.68. The predicted octanol–water partition coefficient (Wildman–Crippen LogP) is 2.30. The van der Waals surface area contributed by atoms with Crippen molar-refractivity contribution in [1.82, 2.24) is 0 Å². The number of nitrogens with two attached hydrogens (primary N) is 1. The highest BCUT2D eigenvalue weighted by Crippen LogP contribution is 2.60. The van der Waals surface area contributed by atoms with E-state index in [4.69, 9.17) is 14.8 Å². The Hall–Kier alpha value is -0.670. The minimum absolute atomic E-state index is 0.719. The number of hydrogen-bond acceptors (Lipinski definition) is 4. The van der Waals surface area contributed by atoms with Crippen molar-refractivity contribution in [1.29, 1.82) is 0 Å². The lowest BCUT2D eigenvalue weighted by Crippen LogP contribution is -2.33. The second kappa shape index (κ2) is 4.45. The maximum Gasteiger partial charge on any atom is 0.354 e. The van der Waals surface area contributed by atoms with E-state index in [0.29, 0.717) is 0 Å². The summed E-state index contributed by atoms with van der Waals surface area (Å²) in [5, 5.41) is -1.14. The van der Waals surface area contributed by atoms with Crippen molar-refractivity contribution in [2.75, 3.05) is 14.2 Å². The van der Waals surface area contributed by atoms with Crippen LogP contribution in [0.1, 0.15) is 12.5 Å². The molecule has 0 radical (unpaired) electrons. The molecular formula is C10H16NO3P. The molecule has 4 nitrogen and oxygen atoms in total. The smallest absolute Gasteiger partial charge is 0.312 e. The predicted molar refractivity (Wildman–Crippen MR) is 59.6 cm³/mol. The Balaban J connectivity index is 3.18. The fourth-order valence-electron chi connectivity index (χ4n) is 1.39. The maximum atomic E-state index is 12.2. The molecule has 1 rings (SSSR count). The van der Waals surface area contributed by atoms with Crippen LogP contribution in [0.25, 0.3) is 0 Å². The van der Waals surface area contributed by atoms with Crippen LogP contribution in [0.3, 0.4) is 0 Å². The van der Waals surface area contributed by atoms with Crippen LogP contribution < -0.4 is 5.73 Å². The zero-order valence-electron chi connectivity index (χ0n) is 9.14. The Morgan fingerprint density at radius 3 is 2.07 bits per heavy atom. The van der Waals surface area contributed by atoms with Gasteiger partial charge in [-0.15, -0.1) is 0 Å². The SMILES string of the molecule is COP(=O)(OC)C(C)(N)c1ccccc1. The molecule has 5 heteroatoms. The van der Waals surface area contributed by atoms with Crippen LogP contribution in [0.15, 0.2) is 30.3 Å². The first kappa shape index (κ1) is 12.4. The Labute approximate surface area is 89.9 Å². The van der Waals surface area contributed by atoms with Crippen molar-refractivity contribution in [3.05, 3.63) is 35.9 Å². The van der Waals surface area contributed by atoms with E-state index in [2.05, 4.69) is 0 Å². The molecule has 1 aromatic carbocycles. The third-order valence-corrected chi connectivity index (χ3v) is 4.77. The van der Waals surface area contributed by atoms with Gasteiger partial charge in [0, 0.05) is 14.2 Å². The van der Waals surface area contributed by atoms with E-state index < -0.39 is 12.9 Å². The van der Waals surface area contributed by atoms with Crippen LogP contribution in [0.5, 0.6) is 0 Å². The van der Waals surface area contributed by atoms with Crippen molar-refractivity contribution in [2.45, 2.75) is 12.2 Å². The Morgan fingerprint density at radius 2 is 1.67 bits per heavy atom. The quantitative estimate of drug-likeness (QED) is 0.805. The zero-order valence-corrected chi connectivity index (χ0v) is 10.0. The topological polar surface area (TPSA) is 61.5 Å². The van der Waals surface area contributed by atoms with Crippen molar-refractivity contribution in [2.24, 2.45) is 5.73 Å². The average Bonchev–Trinajstić information content (AvgIpc) is 2.29. The fraction of sp³-hybridized carbons (Fsp3) is 0.400. The minimum atomic E-state index is -3.33. The largest absolute Gasteiger partial charge is 0.354 e. The highest BCUT2D eigenvalue weighted by Gasteiger charge is 2.44. The molecule has 0 amide bonds. The summed E-state index contributed by atoms with van der Waals surface area (Å²) in [6.45, 7) is 1.64. The normalized spacial score (nSPS) is 16.0. The molecule has 0 aromatic heterocycles. The van der Waals surface area contributed by atoms with Gasteiger partial charge in [-0.25, -0.2) is 0 Å². The van der Waals surface area contributed by atoms with Gasteiger partial charge >= 0.3 is 7.60 Å². The summed E-state index contributed by atoms with van der Waals surface area (Å²) in [6.07, 6.45) is 0. The maximum absolute atomic E-state index is 12.2. The molecule has 0 aliphatic rings. The van der Waals surface area contributed by atoms with E-state index in [-0.39, 0.29) is 0 Å². The van der Waals surface area contributed by atoms with Gasteiger partial charge in [-0.2, -0.15) is 0 Å². The van der Waals surface area contributed by atoms with Gasteiger partial charge in [-0.05, 0) is 12.5 Å². The molecule has 0 saturated carbocycles. The zero-order chi connectivity index (χ0) is 11.5. The molecule has 2 N–H and O–H groups in total. The average molecular weight is 229 g/mol. The van der Waals surface area contributed by atoms with Crippen LogP contribution in [-0.4, -0.2) is 14.2 Å². The van der Waals surface area contributed by atoms with Gasteiger partial charge < -0.3 is 14.8 Å². The standard InChI is InChI=1S/C10H16NO3P/c1-10(11,15(12,13-2)14-3)9-7-5-4-6-8-9/h4-8H,11H2,1-3H3. The van der Waals surface area contributed by atoms with Crippen molar-refractivity contribution < 1.29 is 13.6 Å². The highest BCUT2D eigenvalue weighted by atomic mass is 31.2. The monoisotopic (exact) mass is 229 g/mol. The van der Waals surface area contributed by atoms with E-state index in [1.165, 1.54) is 14.2 Å². The molecule has 15 heavy (non-hydrogen) atoms. The summed E-state index contributed by atoms with van der Waals surface area (Å²) in [6, 6.07) is 9.12. The van der Waals surface area contributed by atoms with E-state index in [1.54, 1.807) is 19.1 Å². The minimum Gasteiger partial charge on any atom is -0.312 e. The van der Waals surface area contributed by atoms with Gasteiger partial charge in [0.1, 0.15) is 5.28 Å². The molecule has 0 aliphatic heterocycles. The number of rotatable bonds is 4. The van der Waals surface area contributed by atoms with Crippen LogP contribution in [0.2, 0.25) is 0 Å². The molecule has 1 aromatic rings. The second-order valence-electron chi connectivity index (χ2n) is 3.38. The highest BCUT2D eigenvalue weighted by molar-refractivity contribution is 7.55. The summed E-state index contributed by atoms with van der Waals surface area (Å²) in [4.78, 5) is 0. The van der Waals surface area contributed by atoms with E-state index in [1.807, 2.05) is 18.2 Å². The van der Waals surface area contributed by atoms with Crippen LogP contribution in [0.4, 0.5) is 0 Å². The first-order chi connectivity index (χ1) is 6.98. The van der Waals surface area contributed by atoms with Crippen LogP contribution >= 0.6 is 7.60 Å². The van der Waals surface area contributed by atoms with Crippen LogP contribution in [0, 0.1) is 0 Å². The number of hydrogen-bond donors (Lipinski definition) is 1. The van der Waals surface area contributed by atoms with Crippen molar-refractivity contribution in [3.63, 3.8) is 0 Å². The van der Waals surface area contributed by atoms with Gasteiger partial charge in [-0.3, -0.25) is 4.57 Å². The summed E-state index contributed by atoms with van der Waals surface area (Å²) in [5.41, 5.74) is 6.74. The molecular weight excluding hydrogens is 213 g/mol. The molecule has 1 unspecified atom stereocenters. The van der Waals surface area contributed by atoms with Gasteiger partial charge in [0.05, 0.1) is 0 Å². The summed E-state index contributed by atoms with van der Waals surface area (Å²) in [5.74, 6) is 0. The van der Waals surface area contributed by atoms with Gasteiger partial charge in [0.2, 0.25) is 0 Å². The van der Waals surface area contributed by atoms with Crippen molar-refractivity contribution >= 4 is 7.60 Å². The summed E-state index contributed by atoms with van der Waals surface area (Å²) >= 11 is 0. The Bertz CT molecular complexity index is 356. The molecule has 0 aliphatic carbocycles. The van der Waals surface area contributed by atoms with E-state index in [0.717, 1.165) is 5.56 Å². The number of benzene rings is 1. The molecule has 1 atom stereocenters. The van der Waals surface area contributed by atoms with Crippen LogP contribution in [-0.2, 0) is 18.9 Å². The first-order valence-corrected chi connectivity index (χ1v) is 6.08. The summed E-state index contributed by atoms with van der Waals surface area (Å²) < 4.78 is 22.0. The molecule has 0 saturated heterocycles. The van der Waals surface area contributed by atoms with Gasteiger partial charge in [0.25, 0.3) is 0 Å². The lowest BCUT2D eigenvalue weighted by atomic mass is 10.1. The third kappa shape index (κ3) is 2.13.